The zero-order valence-electron chi connectivity index (χ0n) is 15.7. The van der Waals surface area contributed by atoms with Gasteiger partial charge in [0.1, 0.15) is 5.65 Å². The second-order valence-electron chi connectivity index (χ2n) is 6.90. The average molecular weight is 383 g/mol. The number of rotatable bonds is 3. The molecule has 1 aliphatic rings. The first-order chi connectivity index (χ1) is 13.1. The number of aryl methyl sites for hydroxylation is 2. The monoisotopic (exact) mass is 382 g/mol. The Morgan fingerprint density at radius 2 is 1.93 bits per heavy atom. The summed E-state index contributed by atoms with van der Waals surface area (Å²) < 4.78 is 2.02. The van der Waals surface area contributed by atoms with Crippen LogP contribution in [0, 0.1) is 6.92 Å². The van der Waals surface area contributed by atoms with Crippen LogP contribution in [0.25, 0.3) is 5.65 Å². The van der Waals surface area contributed by atoms with Gasteiger partial charge in [-0.1, -0.05) is 24.6 Å². The van der Waals surface area contributed by atoms with E-state index < -0.39 is 0 Å². The summed E-state index contributed by atoms with van der Waals surface area (Å²) in [4.78, 5) is 21.8. The van der Waals surface area contributed by atoms with Crippen molar-refractivity contribution < 1.29 is 4.79 Å². The number of halogens is 1. The molecule has 0 saturated carbocycles. The molecule has 1 saturated heterocycles. The van der Waals surface area contributed by atoms with Crippen molar-refractivity contribution in [1.29, 1.82) is 0 Å². The van der Waals surface area contributed by atoms with Crippen molar-refractivity contribution >= 4 is 28.8 Å². The molecule has 1 fully saturated rings. The number of carbonyl (C=O) groups is 1. The summed E-state index contributed by atoms with van der Waals surface area (Å²) in [5.74, 6) is 0.0776. The van der Waals surface area contributed by atoms with E-state index in [1.54, 1.807) is 0 Å². The first-order valence-electron chi connectivity index (χ1n) is 9.34. The molecule has 5 nitrogen and oxygen atoms in total. The Hall–Kier alpha value is -2.53. The van der Waals surface area contributed by atoms with E-state index in [1.165, 1.54) is 0 Å². The Labute approximate surface area is 164 Å². The molecule has 0 spiro atoms. The van der Waals surface area contributed by atoms with Crippen LogP contribution in [0.4, 0.5) is 5.69 Å². The molecule has 3 aromatic rings. The number of fused-ring (bicyclic) bond motifs is 1. The first-order valence-corrected chi connectivity index (χ1v) is 9.72. The van der Waals surface area contributed by atoms with Crippen LogP contribution < -0.4 is 4.90 Å². The zero-order valence-corrected chi connectivity index (χ0v) is 16.4. The highest BCUT2D eigenvalue weighted by molar-refractivity contribution is 6.30. The van der Waals surface area contributed by atoms with E-state index in [9.17, 15) is 4.79 Å². The minimum Gasteiger partial charge on any atom is -0.368 e. The van der Waals surface area contributed by atoms with Gasteiger partial charge in [0.2, 0.25) is 0 Å². The van der Waals surface area contributed by atoms with Gasteiger partial charge in [-0.25, -0.2) is 4.98 Å². The summed E-state index contributed by atoms with van der Waals surface area (Å²) in [6.07, 6.45) is 2.81. The number of carbonyl (C=O) groups excluding carboxylic acids is 1. The minimum atomic E-state index is 0.0776. The molecule has 1 aromatic carbocycles. The molecule has 27 heavy (non-hydrogen) atoms. The number of anilines is 1. The van der Waals surface area contributed by atoms with Crippen LogP contribution in [0.1, 0.15) is 28.7 Å². The molecule has 140 valence electrons. The molecule has 6 heteroatoms. The van der Waals surface area contributed by atoms with Crippen molar-refractivity contribution in [1.82, 2.24) is 14.3 Å². The van der Waals surface area contributed by atoms with Crippen LogP contribution in [-0.4, -0.2) is 46.4 Å². The van der Waals surface area contributed by atoms with Crippen LogP contribution in [0.5, 0.6) is 0 Å². The molecular formula is C21H23ClN4O. The van der Waals surface area contributed by atoms with Crippen molar-refractivity contribution in [2.75, 3.05) is 31.1 Å². The lowest BCUT2D eigenvalue weighted by Crippen LogP contribution is -2.48. The van der Waals surface area contributed by atoms with Crippen LogP contribution >= 0.6 is 11.6 Å². The first kappa shape index (κ1) is 17.9. The van der Waals surface area contributed by atoms with E-state index in [4.69, 9.17) is 11.6 Å². The molecule has 2 aromatic heterocycles. The van der Waals surface area contributed by atoms with E-state index in [0.29, 0.717) is 18.7 Å². The Kier molecular flexibility index (Phi) is 4.79. The van der Waals surface area contributed by atoms with Gasteiger partial charge in [0, 0.05) is 48.8 Å². The van der Waals surface area contributed by atoms with Crippen molar-refractivity contribution in [3.05, 3.63) is 64.6 Å². The zero-order chi connectivity index (χ0) is 19.0. The molecule has 3 heterocycles. The molecule has 1 amide bonds. The van der Waals surface area contributed by atoms with Gasteiger partial charge in [0.25, 0.3) is 5.91 Å². The maximum Gasteiger partial charge on any atom is 0.255 e. The molecule has 0 atom stereocenters. The van der Waals surface area contributed by atoms with Crippen LogP contribution in [0.15, 0.2) is 42.6 Å². The number of amides is 1. The summed E-state index contributed by atoms with van der Waals surface area (Å²) in [5.41, 5.74) is 4.90. The van der Waals surface area contributed by atoms with Gasteiger partial charge in [-0.2, -0.15) is 0 Å². The number of pyridine rings is 1. The Morgan fingerprint density at radius 3 is 2.63 bits per heavy atom. The number of aromatic nitrogens is 2. The summed E-state index contributed by atoms with van der Waals surface area (Å²) >= 11 is 6.10. The molecule has 0 bridgehead atoms. The molecule has 0 unspecified atom stereocenters. The smallest absolute Gasteiger partial charge is 0.255 e. The van der Waals surface area contributed by atoms with Crippen molar-refractivity contribution in [2.45, 2.75) is 20.3 Å². The third-order valence-electron chi connectivity index (χ3n) is 5.28. The second-order valence-corrected chi connectivity index (χ2v) is 7.34. The lowest BCUT2D eigenvalue weighted by molar-refractivity contribution is 0.0746. The standard InChI is InChI=1S/C21H23ClN4O/c1-3-19-15(2)26-14-16(7-8-20(26)23-19)21(27)25-11-9-24(10-12-25)18-6-4-5-17(22)13-18/h4-8,13-14H,3,9-12H2,1-2H3. The largest absolute Gasteiger partial charge is 0.368 e. The number of imidazole rings is 1. The van der Waals surface area contributed by atoms with Crippen molar-refractivity contribution in [2.24, 2.45) is 0 Å². The van der Waals surface area contributed by atoms with Crippen molar-refractivity contribution in [3.63, 3.8) is 0 Å². The molecule has 1 aliphatic heterocycles. The lowest BCUT2D eigenvalue weighted by Gasteiger charge is -2.36. The summed E-state index contributed by atoms with van der Waals surface area (Å²) in [5, 5.41) is 0.737. The van der Waals surface area contributed by atoms with Gasteiger partial charge in [-0.3, -0.25) is 4.79 Å². The number of benzene rings is 1. The maximum absolute atomic E-state index is 13.0. The van der Waals surface area contributed by atoms with Crippen LogP contribution in [0.3, 0.4) is 0 Å². The van der Waals surface area contributed by atoms with Crippen LogP contribution in [0.2, 0.25) is 5.02 Å². The number of hydrogen-bond acceptors (Lipinski definition) is 3. The van der Waals surface area contributed by atoms with E-state index in [2.05, 4.69) is 29.8 Å². The fourth-order valence-electron chi connectivity index (χ4n) is 3.70. The van der Waals surface area contributed by atoms with Gasteiger partial charge < -0.3 is 14.2 Å². The van der Waals surface area contributed by atoms with E-state index >= 15 is 0 Å². The highest BCUT2D eigenvalue weighted by Gasteiger charge is 2.23. The molecule has 4 rings (SSSR count). The van der Waals surface area contributed by atoms with Gasteiger partial charge >= 0.3 is 0 Å². The maximum atomic E-state index is 13.0. The quantitative estimate of drug-likeness (QED) is 0.691. The predicted molar refractivity (Wildman–Crippen MR) is 109 cm³/mol. The number of nitrogens with zero attached hydrogens (tertiary/aromatic N) is 4. The topological polar surface area (TPSA) is 40.9 Å². The Balaban J connectivity index is 1.49. The third kappa shape index (κ3) is 3.39. The average Bonchev–Trinajstić information content (AvgIpc) is 3.03. The fourth-order valence-corrected chi connectivity index (χ4v) is 3.88. The van der Waals surface area contributed by atoms with Gasteiger partial charge in [-0.15, -0.1) is 0 Å². The van der Waals surface area contributed by atoms with E-state index in [-0.39, 0.29) is 5.91 Å². The number of piperazine rings is 1. The Morgan fingerprint density at radius 1 is 1.15 bits per heavy atom. The summed E-state index contributed by atoms with van der Waals surface area (Å²) in [7, 11) is 0. The highest BCUT2D eigenvalue weighted by atomic mass is 35.5. The minimum absolute atomic E-state index is 0.0776. The van der Waals surface area contributed by atoms with Crippen molar-refractivity contribution in [3.8, 4) is 0 Å². The molecule has 0 aliphatic carbocycles. The molecule has 0 N–H and O–H groups in total. The normalized spacial score (nSPS) is 14.8. The molecular weight excluding hydrogens is 360 g/mol. The second kappa shape index (κ2) is 7.24. The fraction of sp³-hybridized carbons (Fsp3) is 0.333. The van der Waals surface area contributed by atoms with E-state index in [1.807, 2.05) is 45.8 Å². The van der Waals surface area contributed by atoms with Crippen LogP contribution in [-0.2, 0) is 6.42 Å². The number of hydrogen-bond donors (Lipinski definition) is 0. The third-order valence-corrected chi connectivity index (χ3v) is 5.51. The van der Waals surface area contributed by atoms with Gasteiger partial charge in [-0.05, 0) is 43.7 Å². The highest BCUT2D eigenvalue weighted by Crippen LogP contribution is 2.21. The summed E-state index contributed by atoms with van der Waals surface area (Å²) in [6.45, 7) is 7.16. The summed E-state index contributed by atoms with van der Waals surface area (Å²) in [6, 6.07) is 11.7. The SMILES string of the molecule is CCc1nc2ccc(C(=O)N3CCN(c4cccc(Cl)c4)CC3)cn2c1C. The van der Waals surface area contributed by atoms with E-state index in [0.717, 1.165) is 47.3 Å². The van der Waals surface area contributed by atoms with Gasteiger partial charge in [0.05, 0.1) is 11.3 Å². The predicted octanol–water partition coefficient (Wildman–Crippen LogP) is 3.82. The molecule has 0 radical (unpaired) electrons. The Bertz CT molecular complexity index is 989. The van der Waals surface area contributed by atoms with Gasteiger partial charge in [0.15, 0.2) is 0 Å². The lowest BCUT2D eigenvalue weighted by atomic mass is 10.2.